The molecule has 2 aromatic heterocycles. The topological polar surface area (TPSA) is 55.3 Å². The van der Waals surface area contributed by atoms with Crippen molar-refractivity contribution in [1.82, 2.24) is 14.9 Å². The first kappa shape index (κ1) is 27.0. The number of aryl methyl sites for hydroxylation is 1. The summed E-state index contributed by atoms with van der Waals surface area (Å²) in [4.78, 5) is 24.0. The molecule has 1 aliphatic heterocycles. The first-order valence-electron chi connectivity index (χ1n) is 12.6. The van der Waals surface area contributed by atoms with E-state index in [4.69, 9.17) is 4.74 Å². The van der Waals surface area contributed by atoms with Gasteiger partial charge in [0.2, 0.25) is 5.88 Å². The highest BCUT2D eigenvalue weighted by atomic mass is 32.1. The van der Waals surface area contributed by atoms with Crippen molar-refractivity contribution in [2.24, 2.45) is 11.8 Å². The van der Waals surface area contributed by atoms with Gasteiger partial charge in [-0.15, -0.1) is 11.3 Å². The van der Waals surface area contributed by atoms with Gasteiger partial charge in [0.1, 0.15) is 12.0 Å². The number of thiazole rings is 1. The van der Waals surface area contributed by atoms with Crippen LogP contribution in [0.5, 0.6) is 5.88 Å². The molecule has 36 heavy (non-hydrogen) atoms. The number of carbonyl (C=O) groups is 1. The van der Waals surface area contributed by atoms with Gasteiger partial charge in [0.15, 0.2) is 6.61 Å². The van der Waals surface area contributed by atoms with E-state index in [1.807, 2.05) is 6.92 Å². The van der Waals surface area contributed by atoms with Gasteiger partial charge in [-0.3, -0.25) is 9.69 Å². The number of pyridine rings is 1. The molecule has 198 valence electrons. The maximum Gasteiger partial charge on any atom is 0.422 e. The Morgan fingerprint density at radius 3 is 2.64 bits per heavy atom. The highest BCUT2D eigenvalue weighted by Crippen LogP contribution is 2.34. The minimum atomic E-state index is -4.41. The number of hydrogen-bond acceptors (Lipinski definition) is 6. The molecule has 0 aromatic carbocycles. The minimum Gasteiger partial charge on any atom is -0.468 e. The molecule has 3 heterocycles. The summed E-state index contributed by atoms with van der Waals surface area (Å²) in [6, 6.07) is 3.24. The fourth-order valence-electron chi connectivity index (χ4n) is 5.25. The molecule has 0 radical (unpaired) electrons. The summed E-state index contributed by atoms with van der Waals surface area (Å²) in [7, 11) is 0. The van der Waals surface area contributed by atoms with Crippen LogP contribution in [0.4, 0.5) is 17.6 Å². The van der Waals surface area contributed by atoms with Crippen molar-refractivity contribution in [3.8, 4) is 5.88 Å². The van der Waals surface area contributed by atoms with Gasteiger partial charge in [-0.1, -0.05) is 6.07 Å². The van der Waals surface area contributed by atoms with Gasteiger partial charge < -0.3 is 4.74 Å². The second kappa shape index (κ2) is 12.0. The summed E-state index contributed by atoms with van der Waals surface area (Å²) in [5, 5.41) is 0.969. The largest absolute Gasteiger partial charge is 0.468 e. The van der Waals surface area contributed by atoms with Crippen LogP contribution in [0.25, 0.3) is 0 Å². The molecule has 1 saturated carbocycles. The summed E-state index contributed by atoms with van der Waals surface area (Å²) in [6.07, 6.45) is 2.05. The summed E-state index contributed by atoms with van der Waals surface area (Å²) in [5.41, 5.74) is 1.71. The van der Waals surface area contributed by atoms with Crippen LogP contribution in [-0.2, 0) is 24.1 Å². The summed E-state index contributed by atoms with van der Waals surface area (Å²) in [5.74, 6) is 0.554. The lowest BCUT2D eigenvalue weighted by molar-refractivity contribution is -0.154. The Labute approximate surface area is 213 Å². The summed E-state index contributed by atoms with van der Waals surface area (Å²) in [6.45, 7) is 2.23. The molecule has 1 atom stereocenters. The van der Waals surface area contributed by atoms with E-state index in [-0.39, 0.29) is 17.6 Å². The molecule has 10 heteroatoms. The SMILES string of the molecule is Cc1ncc(CC(=O)CC2CCC(C(F)CN3CCc4ccc(OCC(F)(F)F)nc4CC3)CC2)s1. The van der Waals surface area contributed by atoms with E-state index in [0.717, 1.165) is 46.8 Å². The third kappa shape index (κ3) is 7.96. The Bertz CT molecular complexity index is 1020. The summed E-state index contributed by atoms with van der Waals surface area (Å²) < 4.78 is 57.3. The first-order chi connectivity index (χ1) is 17.1. The van der Waals surface area contributed by atoms with Crippen molar-refractivity contribution in [3.63, 3.8) is 0 Å². The zero-order chi connectivity index (χ0) is 25.7. The van der Waals surface area contributed by atoms with Crippen LogP contribution in [0.15, 0.2) is 18.3 Å². The second-order valence-corrected chi connectivity index (χ2v) is 11.3. The molecule has 1 unspecified atom stereocenters. The van der Waals surface area contributed by atoms with Crippen molar-refractivity contribution >= 4 is 17.1 Å². The number of alkyl halides is 4. The molecule has 0 N–H and O–H groups in total. The molecule has 0 amide bonds. The number of ether oxygens (including phenoxy) is 1. The van der Waals surface area contributed by atoms with Crippen molar-refractivity contribution in [1.29, 1.82) is 0 Å². The number of ketones is 1. The van der Waals surface area contributed by atoms with Crippen LogP contribution in [-0.4, -0.2) is 59.2 Å². The third-order valence-corrected chi connectivity index (χ3v) is 8.09. The zero-order valence-corrected chi connectivity index (χ0v) is 21.3. The van der Waals surface area contributed by atoms with Crippen LogP contribution in [0.2, 0.25) is 0 Å². The molecule has 1 aliphatic carbocycles. The number of carbonyl (C=O) groups excluding carboxylic acids is 1. The molecule has 0 bridgehead atoms. The zero-order valence-electron chi connectivity index (χ0n) is 20.5. The van der Waals surface area contributed by atoms with Gasteiger partial charge in [0.05, 0.1) is 5.01 Å². The van der Waals surface area contributed by atoms with Gasteiger partial charge >= 0.3 is 6.18 Å². The number of Topliss-reactive ketones (excluding diaryl/α,β-unsaturated/α-hetero) is 1. The predicted molar refractivity (Wildman–Crippen MR) is 130 cm³/mol. The smallest absolute Gasteiger partial charge is 0.422 e. The van der Waals surface area contributed by atoms with Gasteiger partial charge in [-0.25, -0.2) is 14.4 Å². The quantitative estimate of drug-likeness (QED) is 0.401. The average molecular weight is 528 g/mol. The number of hydrogen-bond donors (Lipinski definition) is 0. The van der Waals surface area contributed by atoms with E-state index in [1.54, 1.807) is 23.6 Å². The van der Waals surface area contributed by atoms with Gasteiger partial charge in [-0.2, -0.15) is 13.2 Å². The van der Waals surface area contributed by atoms with Crippen molar-refractivity contribution < 1.29 is 27.1 Å². The Kier molecular flexibility index (Phi) is 8.98. The number of rotatable bonds is 9. The van der Waals surface area contributed by atoms with Crippen molar-refractivity contribution in [2.45, 2.75) is 70.6 Å². The second-order valence-electron chi connectivity index (χ2n) is 10.0. The molecule has 4 rings (SSSR count). The first-order valence-corrected chi connectivity index (χ1v) is 13.4. The maximum absolute atomic E-state index is 15.2. The molecule has 2 aliphatic rings. The molecule has 5 nitrogen and oxygen atoms in total. The molecule has 2 aromatic rings. The number of aromatic nitrogens is 2. The number of halogens is 4. The lowest BCUT2D eigenvalue weighted by Gasteiger charge is -2.32. The standard InChI is InChI=1S/C26H33F4N3O2S/c1-17-31-14-22(36-17)13-21(34)12-18-2-4-19(5-3-18)23(27)15-33-10-8-20-6-7-25(32-24(20)9-11-33)35-16-26(28,29)30/h6-7,14,18-19,23H,2-5,8-13,15-16H2,1H3. The Morgan fingerprint density at radius 1 is 1.19 bits per heavy atom. The van der Waals surface area contributed by atoms with Crippen LogP contribution in [0.3, 0.4) is 0 Å². The predicted octanol–water partition coefficient (Wildman–Crippen LogP) is 5.53. The molecular weight excluding hydrogens is 494 g/mol. The Balaban J connectivity index is 1.19. The third-order valence-electron chi connectivity index (χ3n) is 7.18. The normalized spacial score (nSPS) is 22.0. The van der Waals surface area contributed by atoms with Crippen molar-refractivity contribution in [3.05, 3.63) is 39.5 Å². The van der Waals surface area contributed by atoms with E-state index in [9.17, 15) is 18.0 Å². The van der Waals surface area contributed by atoms with Crippen LogP contribution in [0.1, 0.15) is 53.2 Å². The average Bonchev–Trinajstić information content (AvgIpc) is 3.12. The van der Waals surface area contributed by atoms with E-state index in [1.165, 1.54) is 6.07 Å². The lowest BCUT2D eigenvalue weighted by atomic mass is 9.77. The molecule has 0 spiro atoms. The molecular formula is C26H33F4N3O2S. The fraction of sp³-hybridized carbons (Fsp3) is 0.654. The molecule has 0 saturated heterocycles. The Morgan fingerprint density at radius 2 is 1.94 bits per heavy atom. The van der Waals surface area contributed by atoms with E-state index in [0.29, 0.717) is 51.2 Å². The maximum atomic E-state index is 15.2. The monoisotopic (exact) mass is 527 g/mol. The van der Waals surface area contributed by atoms with Crippen LogP contribution < -0.4 is 4.74 Å². The Hall–Kier alpha value is -2.07. The number of nitrogens with zero attached hydrogens (tertiary/aromatic N) is 3. The minimum absolute atomic E-state index is 0.00613. The number of fused-ring (bicyclic) bond motifs is 1. The van der Waals surface area contributed by atoms with E-state index >= 15 is 4.39 Å². The van der Waals surface area contributed by atoms with Gasteiger partial charge in [0, 0.05) is 61.7 Å². The fourth-order valence-corrected chi connectivity index (χ4v) is 6.08. The van der Waals surface area contributed by atoms with Gasteiger partial charge in [0.25, 0.3) is 0 Å². The highest BCUT2D eigenvalue weighted by molar-refractivity contribution is 7.11. The lowest BCUT2D eigenvalue weighted by Crippen LogP contribution is -2.37. The summed E-state index contributed by atoms with van der Waals surface area (Å²) >= 11 is 1.56. The molecule has 1 fully saturated rings. The van der Waals surface area contributed by atoms with Crippen LogP contribution in [0, 0.1) is 18.8 Å². The van der Waals surface area contributed by atoms with Crippen LogP contribution >= 0.6 is 11.3 Å². The van der Waals surface area contributed by atoms with Crippen molar-refractivity contribution in [2.75, 3.05) is 26.2 Å². The van der Waals surface area contributed by atoms with E-state index < -0.39 is 19.0 Å². The highest BCUT2D eigenvalue weighted by Gasteiger charge is 2.31. The van der Waals surface area contributed by atoms with E-state index in [2.05, 4.69) is 14.9 Å². The van der Waals surface area contributed by atoms with Gasteiger partial charge in [-0.05, 0) is 56.4 Å².